The van der Waals surface area contributed by atoms with Gasteiger partial charge in [-0.15, -0.1) is 0 Å². The first-order chi connectivity index (χ1) is 10.3. The Bertz CT molecular complexity index is 722. The van der Waals surface area contributed by atoms with Gasteiger partial charge in [0.05, 0.1) is 0 Å². The second-order valence-corrected chi connectivity index (χ2v) is 11.8. The third-order valence-electron chi connectivity index (χ3n) is 2.47. The fourth-order valence-electron chi connectivity index (χ4n) is 1.79. The van der Waals surface area contributed by atoms with Gasteiger partial charge >= 0.3 is 0 Å². The van der Waals surface area contributed by atoms with Crippen LogP contribution in [-0.4, -0.2) is 56.4 Å². The highest BCUT2D eigenvalue weighted by atomic mass is 32.3. The predicted molar refractivity (Wildman–Crippen MR) is 71.2 cm³/mol. The predicted octanol–water partition coefficient (Wildman–Crippen LogP) is -1.86. The average molecular weight is 416 g/mol. The van der Waals surface area contributed by atoms with E-state index < -0.39 is 63.2 Å². The van der Waals surface area contributed by atoms with Gasteiger partial charge in [-0.25, -0.2) is 16.7 Å². The summed E-state index contributed by atoms with van der Waals surface area (Å²) in [7, 11) is -17.2. The van der Waals surface area contributed by atoms with E-state index in [-0.39, 0.29) is 19.3 Å². The lowest BCUT2D eigenvalue weighted by atomic mass is 10.2. The molecule has 2 heterocycles. The molecule has 0 aliphatic carbocycles. The van der Waals surface area contributed by atoms with Gasteiger partial charge in [-0.3, -0.25) is 0 Å². The van der Waals surface area contributed by atoms with Crippen LogP contribution in [0.3, 0.4) is 0 Å². The van der Waals surface area contributed by atoms with Crippen LogP contribution in [0.4, 0.5) is 0 Å². The zero-order chi connectivity index (χ0) is 17.5. The van der Waals surface area contributed by atoms with Crippen LogP contribution in [-0.2, 0) is 57.2 Å². The van der Waals surface area contributed by atoms with E-state index in [0.29, 0.717) is 0 Å². The van der Waals surface area contributed by atoms with Gasteiger partial charge in [-0.2, -0.15) is 33.7 Å². The van der Waals surface area contributed by atoms with E-state index in [0.717, 1.165) is 0 Å². The SMILES string of the molecule is O=S1(=O)CS(=O)(=O)OC(CCCC2OS(=O)(=O)CS(=O)(=O)O2)O1. The van der Waals surface area contributed by atoms with Crippen LogP contribution >= 0.6 is 0 Å². The minimum Gasteiger partial charge on any atom is -0.236 e. The molecule has 0 atom stereocenters. The third-order valence-corrected chi connectivity index (χ3v) is 9.12. The van der Waals surface area contributed by atoms with Crippen molar-refractivity contribution in [2.75, 3.05) is 10.2 Å². The summed E-state index contributed by atoms with van der Waals surface area (Å²) in [6, 6.07) is 0. The molecule has 2 aliphatic rings. The molecular formula is C7H12O12S4. The molecule has 0 unspecified atom stereocenters. The molecule has 16 heteroatoms. The van der Waals surface area contributed by atoms with Gasteiger partial charge in [0, 0.05) is 12.8 Å². The maximum atomic E-state index is 11.2. The lowest BCUT2D eigenvalue weighted by Crippen LogP contribution is -2.37. The smallest absolute Gasteiger partial charge is 0.236 e. The first-order valence-electron chi connectivity index (χ1n) is 5.91. The van der Waals surface area contributed by atoms with Crippen LogP contribution in [0.2, 0.25) is 0 Å². The van der Waals surface area contributed by atoms with Crippen LogP contribution in [0.25, 0.3) is 0 Å². The summed E-state index contributed by atoms with van der Waals surface area (Å²) in [6.45, 7) is 0. The van der Waals surface area contributed by atoms with Gasteiger partial charge in [0.25, 0.3) is 40.5 Å². The number of hydrogen-bond acceptors (Lipinski definition) is 12. The van der Waals surface area contributed by atoms with E-state index in [1.807, 2.05) is 0 Å². The Morgan fingerprint density at radius 2 is 0.826 bits per heavy atom. The minimum absolute atomic E-state index is 0.0919. The Hall–Kier alpha value is -0.360. The minimum atomic E-state index is -4.30. The van der Waals surface area contributed by atoms with Gasteiger partial charge < -0.3 is 0 Å². The van der Waals surface area contributed by atoms with Crippen molar-refractivity contribution < 1.29 is 50.4 Å². The Morgan fingerprint density at radius 3 is 1.09 bits per heavy atom. The molecule has 2 aliphatic heterocycles. The molecular weight excluding hydrogens is 404 g/mol. The molecule has 2 fully saturated rings. The lowest BCUT2D eigenvalue weighted by Gasteiger charge is -2.24. The first-order valence-corrected chi connectivity index (χ1v) is 12.2. The Morgan fingerprint density at radius 1 is 0.565 bits per heavy atom. The monoisotopic (exact) mass is 416 g/mol. The van der Waals surface area contributed by atoms with Crippen molar-refractivity contribution in [2.45, 2.75) is 31.8 Å². The standard InChI is InChI=1S/C7H12O12S4/c8-20(9)4-21(10,11)17-6(16-20)2-1-3-7-18-22(12,13)5-23(14,15)19-7/h6-7H,1-5H2. The van der Waals surface area contributed by atoms with Crippen LogP contribution in [0, 0.1) is 0 Å². The quantitative estimate of drug-likeness (QED) is 0.468. The highest BCUT2D eigenvalue weighted by Crippen LogP contribution is 2.24. The van der Waals surface area contributed by atoms with Crippen molar-refractivity contribution in [1.29, 1.82) is 0 Å². The summed E-state index contributed by atoms with van der Waals surface area (Å²) in [4.78, 5) is 0. The van der Waals surface area contributed by atoms with Crippen LogP contribution in [0.15, 0.2) is 0 Å². The van der Waals surface area contributed by atoms with E-state index in [1.54, 1.807) is 0 Å². The van der Waals surface area contributed by atoms with Gasteiger partial charge in [0.1, 0.15) is 0 Å². The molecule has 0 spiro atoms. The highest BCUT2D eigenvalue weighted by molar-refractivity contribution is 8.04. The maximum Gasteiger partial charge on any atom is 0.286 e. The van der Waals surface area contributed by atoms with E-state index >= 15 is 0 Å². The fraction of sp³-hybridized carbons (Fsp3) is 1.00. The average Bonchev–Trinajstić information content (AvgIpc) is 2.19. The summed E-state index contributed by atoms with van der Waals surface area (Å²) >= 11 is 0. The summed E-state index contributed by atoms with van der Waals surface area (Å²) in [5.74, 6) is 0. The molecule has 0 aromatic carbocycles. The normalized spacial score (nSPS) is 29.9. The number of hydrogen-bond donors (Lipinski definition) is 0. The summed E-state index contributed by atoms with van der Waals surface area (Å²) < 4.78 is 108. The van der Waals surface area contributed by atoms with Crippen LogP contribution in [0.5, 0.6) is 0 Å². The van der Waals surface area contributed by atoms with Crippen molar-refractivity contribution in [3.8, 4) is 0 Å². The van der Waals surface area contributed by atoms with E-state index in [9.17, 15) is 33.7 Å². The first kappa shape index (κ1) is 19.0. The molecule has 0 bridgehead atoms. The molecule has 0 saturated carbocycles. The molecule has 0 aromatic heterocycles. The van der Waals surface area contributed by atoms with E-state index in [2.05, 4.69) is 16.7 Å². The Kier molecular flexibility index (Phi) is 5.09. The summed E-state index contributed by atoms with van der Waals surface area (Å²) in [5, 5.41) is -2.61. The molecule has 136 valence electrons. The van der Waals surface area contributed by atoms with Crippen molar-refractivity contribution in [2.24, 2.45) is 0 Å². The molecule has 2 rings (SSSR count). The van der Waals surface area contributed by atoms with Gasteiger partial charge in [-0.05, 0) is 6.42 Å². The molecule has 23 heavy (non-hydrogen) atoms. The van der Waals surface area contributed by atoms with E-state index in [1.165, 1.54) is 0 Å². The van der Waals surface area contributed by atoms with Crippen LogP contribution < -0.4 is 0 Å². The van der Waals surface area contributed by atoms with Crippen molar-refractivity contribution in [1.82, 2.24) is 0 Å². The third kappa shape index (κ3) is 5.89. The topological polar surface area (TPSA) is 173 Å². The van der Waals surface area contributed by atoms with Gasteiger partial charge in [0.2, 0.25) is 10.2 Å². The van der Waals surface area contributed by atoms with E-state index in [4.69, 9.17) is 0 Å². The van der Waals surface area contributed by atoms with Gasteiger partial charge in [0.15, 0.2) is 12.6 Å². The second kappa shape index (κ2) is 6.17. The maximum absolute atomic E-state index is 11.2. The largest absolute Gasteiger partial charge is 0.286 e. The van der Waals surface area contributed by atoms with Gasteiger partial charge in [-0.1, -0.05) is 0 Å². The second-order valence-electron chi connectivity index (χ2n) is 4.64. The zero-order valence-corrected chi connectivity index (χ0v) is 14.5. The van der Waals surface area contributed by atoms with Crippen molar-refractivity contribution in [3.63, 3.8) is 0 Å². The molecule has 0 N–H and O–H groups in total. The van der Waals surface area contributed by atoms with Crippen molar-refractivity contribution >= 4 is 40.5 Å². The van der Waals surface area contributed by atoms with Crippen LogP contribution in [0.1, 0.15) is 19.3 Å². The lowest BCUT2D eigenvalue weighted by molar-refractivity contribution is -0.0174. The number of rotatable bonds is 4. The molecule has 2 saturated heterocycles. The molecule has 0 amide bonds. The molecule has 12 nitrogen and oxygen atoms in total. The fourth-order valence-corrected chi connectivity index (χ4v) is 7.46. The summed E-state index contributed by atoms with van der Waals surface area (Å²) in [5.41, 5.74) is 0. The van der Waals surface area contributed by atoms with Crippen molar-refractivity contribution in [3.05, 3.63) is 0 Å². The molecule has 0 aromatic rings. The Labute approximate surface area is 133 Å². The Balaban J connectivity index is 1.92. The highest BCUT2D eigenvalue weighted by Gasteiger charge is 2.39. The zero-order valence-electron chi connectivity index (χ0n) is 11.2. The molecule has 0 radical (unpaired) electrons. The summed E-state index contributed by atoms with van der Waals surface area (Å²) in [6.07, 6.45) is -3.87.